The number of aryl methyl sites for hydroxylation is 1. The summed E-state index contributed by atoms with van der Waals surface area (Å²) >= 11 is 0. The molecule has 0 spiro atoms. The second kappa shape index (κ2) is 6.62. The van der Waals surface area contributed by atoms with Gasteiger partial charge >= 0.3 is 0 Å². The first kappa shape index (κ1) is 15.2. The Balaban J connectivity index is 1.64. The molecule has 0 bridgehead atoms. The van der Waals surface area contributed by atoms with E-state index in [9.17, 15) is 4.79 Å². The van der Waals surface area contributed by atoms with Crippen LogP contribution in [0.3, 0.4) is 0 Å². The predicted molar refractivity (Wildman–Crippen MR) is 84.3 cm³/mol. The van der Waals surface area contributed by atoms with Crippen molar-refractivity contribution in [2.45, 2.75) is 25.9 Å². The Morgan fingerprint density at radius 3 is 2.86 bits per heavy atom. The van der Waals surface area contributed by atoms with Gasteiger partial charge < -0.3 is 15.4 Å². The molecule has 1 aromatic heterocycles. The van der Waals surface area contributed by atoms with E-state index in [0.29, 0.717) is 31.9 Å². The first-order chi connectivity index (χ1) is 10.6. The van der Waals surface area contributed by atoms with Crippen LogP contribution < -0.4 is 5.73 Å². The minimum atomic E-state index is -0.182. The van der Waals surface area contributed by atoms with Crippen molar-refractivity contribution >= 4 is 11.6 Å². The maximum absolute atomic E-state index is 12.4. The Bertz CT molecular complexity index is 523. The van der Waals surface area contributed by atoms with E-state index >= 15 is 0 Å². The van der Waals surface area contributed by atoms with Crippen LogP contribution in [0.5, 0.6) is 0 Å². The summed E-state index contributed by atoms with van der Waals surface area (Å²) in [6.45, 7) is 6.28. The quantitative estimate of drug-likeness (QED) is 0.901. The second-order valence-corrected chi connectivity index (χ2v) is 6.15. The molecule has 2 N–H and O–H groups in total. The zero-order chi connectivity index (χ0) is 15.5. The van der Waals surface area contributed by atoms with Crippen molar-refractivity contribution in [3.8, 4) is 0 Å². The number of amides is 1. The van der Waals surface area contributed by atoms with Crippen molar-refractivity contribution in [2.24, 2.45) is 0 Å². The number of nitrogens with zero attached hydrogens (tertiary/aromatic N) is 3. The molecule has 1 amide bonds. The van der Waals surface area contributed by atoms with Crippen LogP contribution >= 0.6 is 0 Å². The normalized spacial score (nSPS) is 23.0. The number of carbonyl (C=O) groups excluding carboxylic acids is 1. The fourth-order valence-electron chi connectivity index (χ4n) is 3.17. The van der Waals surface area contributed by atoms with E-state index in [1.165, 1.54) is 12.8 Å². The number of nitrogens with two attached hydrogens (primary N) is 1. The summed E-state index contributed by atoms with van der Waals surface area (Å²) in [5.41, 5.74) is 8.26. The topological polar surface area (TPSA) is 71.7 Å². The highest BCUT2D eigenvalue weighted by Gasteiger charge is 2.28. The van der Waals surface area contributed by atoms with E-state index in [-0.39, 0.29) is 12.0 Å². The van der Waals surface area contributed by atoms with E-state index in [0.717, 1.165) is 24.5 Å². The third kappa shape index (κ3) is 3.56. The minimum Gasteiger partial charge on any atom is -0.399 e. The lowest BCUT2D eigenvalue weighted by Crippen LogP contribution is -2.46. The van der Waals surface area contributed by atoms with Crippen molar-refractivity contribution in [2.75, 3.05) is 45.1 Å². The summed E-state index contributed by atoms with van der Waals surface area (Å²) in [4.78, 5) is 21.1. The molecule has 2 saturated heterocycles. The Kier molecular flexibility index (Phi) is 4.59. The first-order valence-electron chi connectivity index (χ1n) is 7.97. The number of anilines is 1. The number of carbonyl (C=O) groups is 1. The van der Waals surface area contributed by atoms with Gasteiger partial charge in [-0.25, -0.2) is 0 Å². The molecule has 0 aliphatic carbocycles. The van der Waals surface area contributed by atoms with Gasteiger partial charge in [0.1, 0.15) is 6.10 Å². The maximum atomic E-state index is 12.4. The van der Waals surface area contributed by atoms with Gasteiger partial charge in [-0.1, -0.05) is 0 Å². The monoisotopic (exact) mass is 304 g/mol. The van der Waals surface area contributed by atoms with E-state index in [1.807, 2.05) is 24.0 Å². The van der Waals surface area contributed by atoms with Crippen molar-refractivity contribution < 1.29 is 9.53 Å². The number of nitrogen functional groups attached to an aromatic ring is 1. The Morgan fingerprint density at radius 2 is 2.14 bits per heavy atom. The van der Waals surface area contributed by atoms with Crippen LogP contribution in [-0.4, -0.2) is 60.0 Å². The summed E-state index contributed by atoms with van der Waals surface area (Å²) in [5, 5.41) is 0. The second-order valence-electron chi connectivity index (χ2n) is 6.15. The van der Waals surface area contributed by atoms with Crippen LogP contribution in [0.1, 0.15) is 30.3 Å². The van der Waals surface area contributed by atoms with Crippen LogP contribution in [0.2, 0.25) is 0 Å². The maximum Gasteiger partial charge on any atom is 0.236 e. The molecule has 1 aromatic rings. The summed E-state index contributed by atoms with van der Waals surface area (Å²) in [6, 6.07) is 3.68. The van der Waals surface area contributed by atoms with Crippen molar-refractivity contribution in [3.05, 3.63) is 23.5 Å². The number of pyridine rings is 1. The summed E-state index contributed by atoms with van der Waals surface area (Å²) in [6.07, 6.45) is 2.22. The van der Waals surface area contributed by atoms with Gasteiger partial charge in [-0.05, 0) is 45.0 Å². The molecular formula is C16H24N4O2. The zero-order valence-electron chi connectivity index (χ0n) is 13.1. The molecule has 1 atom stereocenters. The number of hydrogen-bond donors (Lipinski definition) is 1. The van der Waals surface area contributed by atoms with Gasteiger partial charge in [0.05, 0.1) is 25.4 Å². The number of likely N-dealkylation sites (tertiary alicyclic amines) is 1. The number of rotatable bonds is 3. The van der Waals surface area contributed by atoms with E-state index < -0.39 is 0 Å². The number of morpholine rings is 1. The molecule has 0 radical (unpaired) electrons. The highest BCUT2D eigenvalue weighted by molar-refractivity contribution is 5.78. The van der Waals surface area contributed by atoms with Gasteiger partial charge in [-0.2, -0.15) is 0 Å². The van der Waals surface area contributed by atoms with Crippen molar-refractivity contribution in [1.29, 1.82) is 0 Å². The smallest absolute Gasteiger partial charge is 0.236 e. The Hall–Kier alpha value is -1.66. The van der Waals surface area contributed by atoms with Gasteiger partial charge in [-0.3, -0.25) is 14.7 Å². The molecular weight excluding hydrogens is 280 g/mol. The highest BCUT2D eigenvalue weighted by Crippen LogP contribution is 2.23. The van der Waals surface area contributed by atoms with Gasteiger partial charge in [0.25, 0.3) is 0 Å². The van der Waals surface area contributed by atoms with Crippen molar-refractivity contribution in [3.63, 3.8) is 0 Å². The van der Waals surface area contributed by atoms with Crippen LogP contribution in [0.15, 0.2) is 12.1 Å². The molecule has 2 aliphatic rings. The molecule has 120 valence electrons. The van der Waals surface area contributed by atoms with E-state index in [4.69, 9.17) is 10.5 Å². The minimum absolute atomic E-state index is 0.182. The average molecular weight is 304 g/mol. The van der Waals surface area contributed by atoms with E-state index in [1.54, 1.807) is 0 Å². The summed E-state index contributed by atoms with van der Waals surface area (Å²) in [7, 11) is 0. The Labute approximate surface area is 131 Å². The van der Waals surface area contributed by atoms with Gasteiger partial charge in [0, 0.05) is 17.9 Å². The molecule has 3 heterocycles. The lowest BCUT2D eigenvalue weighted by Gasteiger charge is -2.33. The molecule has 6 nitrogen and oxygen atoms in total. The predicted octanol–water partition coefficient (Wildman–Crippen LogP) is 0.968. The Morgan fingerprint density at radius 1 is 1.36 bits per heavy atom. The standard InChI is InChI=1S/C16H24N4O2/c1-12-8-13(17)9-14(18-12)15-10-20(6-7-22-15)16(21)11-19-4-2-3-5-19/h8-9,15H,2-7,10-11H2,1H3,(H2,17,18)/t15-/m0/s1. The molecule has 22 heavy (non-hydrogen) atoms. The number of aromatic nitrogens is 1. The zero-order valence-corrected chi connectivity index (χ0v) is 13.1. The van der Waals surface area contributed by atoms with Crippen LogP contribution in [0, 0.1) is 6.92 Å². The number of ether oxygens (including phenoxy) is 1. The first-order valence-corrected chi connectivity index (χ1v) is 7.97. The average Bonchev–Trinajstić information content (AvgIpc) is 2.99. The molecule has 0 saturated carbocycles. The lowest BCUT2D eigenvalue weighted by molar-refractivity contribution is -0.140. The van der Waals surface area contributed by atoms with Gasteiger partial charge in [-0.15, -0.1) is 0 Å². The lowest BCUT2D eigenvalue weighted by atomic mass is 10.1. The molecule has 6 heteroatoms. The number of hydrogen-bond acceptors (Lipinski definition) is 5. The van der Waals surface area contributed by atoms with Crippen LogP contribution in [-0.2, 0) is 9.53 Å². The van der Waals surface area contributed by atoms with Crippen molar-refractivity contribution in [1.82, 2.24) is 14.8 Å². The molecule has 2 aliphatic heterocycles. The molecule has 0 aromatic carbocycles. The largest absolute Gasteiger partial charge is 0.399 e. The SMILES string of the molecule is Cc1cc(N)cc([C@@H]2CN(C(=O)CN3CCCC3)CCO2)n1. The van der Waals surface area contributed by atoms with Gasteiger partial charge in [0.15, 0.2) is 0 Å². The van der Waals surface area contributed by atoms with Crippen LogP contribution in [0.4, 0.5) is 5.69 Å². The fourth-order valence-corrected chi connectivity index (χ4v) is 3.17. The molecule has 2 fully saturated rings. The van der Waals surface area contributed by atoms with Crippen LogP contribution in [0.25, 0.3) is 0 Å². The molecule has 3 rings (SSSR count). The third-order valence-electron chi connectivity index (χ3n) is 4.30. The highest BCUT2D eigenvalue weighted by atomic mass is 16.5. The fraction of sp³-hybridized carbons (Fsp3) is 0.625. The molecule has 0 unspecified atom stereocenters. The summed E-state index contributed by atoms with van der Waals surface area (Å²) in [5.74, 6) is 0.191. The van der Waals surface area contributed by atoms with E-state index in [2.05, 4.69) is 9.88 Å². The van der Waals surface area contributed by atoms with Gasteiger partial charge in [0.2, 0.25) is 5.91 Å². The third-order valence-corrected chi connectivity index (χ3v) is 4.30. The summed E-state index contributed by atoms with van der Waals surface area (Å²) < 4.78 is 5.80.